The summed E-state index contributed by atoms with van der Waals surface area (Å²) < 4.78 is 34.2. The normalized spacial score (nSPS) is 14.9. The number of halogens is 2. The number of rotatable bonds is 7. The van der Waals surface area contributed by atoms with E-state index in [9.17, 15) is 13.6 Å². The number of hydrogen-bond acceptors (Lipinski definition) is 9. The molecule has 0 saturated carbocycles. The zero-order chi connectivity index (χ0) is 30.2. The Morgan fingerprint density at radius 1 is 0.932 bits per heavy atom. The number of carbonyl (C=O) groups excluding carboxylic acids is 1. The number of hydrogen-bond donors (Lipinski definition) is 0. The predicted molar refractivity (Wildman–Crippen MR) is 154 cm³/mol. The molecule has 5 heterocycles. The van der Waals surface area contributed by atoms with E-state index in [1.807, 2.05) is 61.6 Å². The molecule has 0 N–H and O–H groups in total. The van der Waals surface area contributed by atoms with Gasteiger partial charge in [0.05, 0.1) is 11.7 Å². The van der Waals surface area contributed by atoms with Gasteiger partial charge in [-0.1, -0.05) is 35.1 Å². The van der Waals surface area contributed by atoms with Crippen molar-refractivity contribution in [2.24, 2.45) is 7.05 Å². The third-order valence-corrected chi connectivity index (χ3v) is 7.68. The maximum absolute atomic E-state index is 13.5. The summed E-state index contributed by atoms with van der Waals surface area (Å²) in [5.74, 6) is 0.342. The number of nitrogens with zero attached hydrogens (tertiary/aromatic N) is 10. The van der Waals surface area contributed by atoms with Gasteiger partial charge in [0.25, 0.3) is 5.91 Å². The Hall–Kier alpha value is -5.37. The number of oxazole rings is 1. The van der Waals surface area contributed by atoms with Crippen molar-refractivity contribution in [3.8, 4) is 22.7 Å². The molecule has 1 aliphatic rings. The van der Waals surface area contributed by atoms with Gasteiger partial charge < -0.3 is 9.32 Å². The molecule has 0 spiro atoms. The van der Waals surface area contributed by atoms with Gasteiger partial charge in [0.1, 0.15) is 11.2 Å². The smallest absolute Gasteiger partial charge is 0.350 e. The molecule has 6 aromatic rings. The number of piperazine rings is 1. The lowest BCUT2D eigenvalue weighted by Crippen LogP contribution is -2.50. The molecule has 2 aromatic carbocycles. The highest BCUT2D eigenvalue weighted by Gasteiger charge is 2.32. The molecule has 0 bridgehead atoms. The molecular formula is C30H26F2N10O2. The van der Waals surface area contributed by atoms with Gasteiger partial charge >= 0.3 is 6.55 Å². The number of amides is 1. The monoisotopic (exact) mass is 596 g/mol. The van der Waals surface area contributed by atoms with E-state index in [4.69, 9.17) is 4.42 Å². The molecule has 44 heavy (non-hydrogen) atoms. The quantitative estimate of drug-likeness (QED) is 0.266. The van der Waals surface area contributed by atoms with E-state index in [1.165, 1.54) is 0 Å². The summed E-state index contributed by atoms with van der Waals surface area (Å²) in [6, 6.07) is 20.1. The lowest BCUT2D eigenvalue weighted by molar-refractivity contribution is 0.0385. The Balaban J connectivity index is 1.08. The van der Waals surface area contributed by atoms with Crippen molar-refractivity contribution in [1.29, 1.82) is 0 Å². The van der Waals surface area contributed by atoms with Crippen molar-refractivity contribution < 1.29 is 18.0 Å². The van der Waals surface area contributed by atoms with Crippen molar-refractivity contribution in [3.63, 3.8) is 0 Å². The van der Waals surface area contributed by atoms with E-state index in [0.717, 1.165) is 16.8 Å². The zero-order valence-corrected chi connectivity index (χ0v) is 23.5. The number of aryl methyl sites for hydroxylation is 1. The maximum Gasteiger partial charge on any atom is 0.350 e. The summed E-state index contributed by atoms with van der Waals surface area (Å²) >= 11 is 0. The molecule has 1 aliphatic heterocycles. The van der Waals surface area contributed by atoms with Gasteiger partial charge in [0, 0.05) is 56.7 Å². The molecular weight excluding hydrogens is 570 g/mol. The fourth-order valence-electron chi connectivity index (χ4n) is 5.48. The van der Waals surface area contributed by atoms with Crippen LogP contribution in [0.5, 0.6) is 0 Å². The van der Waals surface area contributed by atoms with Crippen molar-refractivity contribution >= 4 is 17.0 Å². The fraction of sp³-hybridized carbons (Fsp3) is 0.233. The summed E-state index contributed by atoms with van der Waals surface area (Å²) in [6.07, 6.45) is 3.31. The van der Waals surface area contributed by atoms with Gasteiger partial charge in [0.15, 0.2) is 11.4 Å². The van der Waals surface area contributed by atoms with Gasteiger partial charge in [-0.25, -0.2) is 4.98 Å². The molecule has 0 aliphatic carbocycles. The minimum absolute atomic E-state index is 0.177. The molecule has 1 amide bonds. The Bertz CT molecular complexity index is 1930. The van der Waals surface area contributed by atoms with Crippen LogP contribution in [0.2, 0.25) is 0 Å². The molecule has 4 aromatic heterocycles. The van der Waals surface area contributed by atoms with Crippen LogP contribution in [0, 0.1) is 0 Å². The van der Waals surface area contributed by atoms with Crippen LogP contribution in [-0.2, 0) is 7.05 Å². The summed E-state index contributed by atoms with van der Waals surface area (Å²) in [4.78, 5) is 26.6. The number of aromatic nitrogens is 8. The van der Waals surface area contributed by atoms with Crippen LogP contribution >= 0.6 is 0 Å². The number of fused-ring (bicyclic) bond motifs is 1. The third kappa shape index (κ3) is 5.19. The van der Waals surface area contributed by atoms with Crippen molar-refractivity contribution in [2.75, 3.05) is 26.2 Å². The summed E-state index contributed by atoms with van der Waals surface area (Å²) in [5, 5.41) is 15.6. The van der Waals surface area contributed by atoms with Gasteiger partial charge in [-0.3, -0.25) is 19.4 Å². The Morgan fingerprint density at radius 3 is 2.48 bits per heavy atom. The van der Waals surface area contributed by atoms with Crippen molar-refractivity contribution in [3.05, 3.63) is 96.2 Å². The zero-order valence-electron chi connectivity index (χ0n) is 23.5. The number of carbonyl (C=O) groups is 1. The van der Waals surface area contributed by atoms with Crippen LogP contribution in [0.1, 0.15) is 34.5 Å². The second-order valence-electron chi connectivity index (χ2n) is 10.4. The molecule has 1 atom stereocenters. The third-order valence-electron chi connectivity index (χ3n) is 7.68. The number of alkyl halides is 2. The summed E-state index contributed by atoms with van der Waals surface area (Å²) in [6.45, 7) is -1.14. The lowest BCUT2D eigenvalue weighted by atomic mass is 10.0. The highest BCUT2D eigenvalue weighted by molar-refractivity contribution is 5.93. The van der Waals surface area contributed by atoms with Crippen LogP contribution in [0.3, 0.4) is 0 Å². The minimum atomic E-state index is -2.88. The van der Waals surface area contributed by atoms with Gasteiger partial charge in [-0.2, -0.15) is 13.9 Å². The highest BCUT2D eigenvalue weighted by atomic mass is 19.3. The lowest BCUT2D eigenvalue weighted by Gasteiger charge is -2.38. The van der Waals surface area contributed by atoms with E-state index in [2.05, 4.69) is 35.4 Å². The topological polar surface area (TPSA) is 124 Å². The van der Waals surface area contributed by atoms with Crippen LogP contribution < -0.4 is 0 Å². The van der Waals surface area contributed by atoms with Gasteiger partial charge in [-0.15, -0.1) is 10.2 Å². The molecule has 14 heteroatoms. The van der Waals surface area contributed by atoms with Crippen molar-refractivity contribution in [2.45, 2.75) is 12.6 Å². The average Bonchev–Trinajstić information content (AvgIpc) is 3.82. The standard InChI is InChI=1S/C30H26F2N10O2/c1-39-24(10-12-34-39)20-7-8-25-22(17-20)35-28(44-25)21-9-11-33-23(18-21)29(43)41-15-13-40(14-16-41)26(19-5-3-2-4-6-19)27-36-38-42(37-27)30(31)32/h2-12,17-18,26,30H,13-16H2,1H3. The van der Waals surface area contributed by atoms with Gasteiger partial charge in [0.2, 0.25) is 5.89 Å². The first kappa shape index (κ1) is 27.5. The predicted octanol–water partition coefficient (Wildman–Crippen LogP) is 4.22. The van der Waals surface area contributed by atoms with Crippen LogP contribution in [-0.4, -0.2) is 81.8 Å². The van der Waals surface area contributed by atoms with E-state index in [1.54, 1.807) is 34.1 Å². The molecule has 222 valence electrons. The van der Waals surface area contributed by atoms with E-state index >= 15 is 0 Å². The molecule has 12 nitrogen and oxygen atoms in total. The first-order chi connectivity index (χ1) is 21.4. The molecule has 1 unspecified atom stereocenters. The number of pyridine rings is 1. The second-order valence-corrected chi connectivity index (χ2v) is 10.4. The molecule has 7 rings (SSSR count). The van der Waals surface area contributed by atoms with Crippen LogP contribution in [0.15, 0.2) is 83.5 Å². The maximum atomic E-state index is 13.5. The number of tetrazole rings is 1. The van der Waals surface area contributed by atoms with E-state index in [-0.39, 0.29) is 17.4 Å². The average molecular weight is 597 g/mol. The van der Waals surface area contributed by atoms with E-state index in [0.29, 0.717) is 53.5 Å². The first-order valence-electron chi connectivity index (χ1n) is 14.0. The summed E-state index contributed by atoms with van der Waals surface area (Å²) in [7, 11) is 1.88. The molecule has 0 radical (unpaired) electrons. The second kappa shape index (κ2) is 11.4. The largest absolute Gasteiger partial charge is 0.436 e. The Labute approximate surface area is 249 Å². The van der Waals surface area contributed by atoms with Gasteiger partial charge in [-0.05, 0) is 47.2 Å². The number of benzene rings is 2. The highest BCUT2D eigenvalue weighted by Crippen LogP contribution is 2.30. The minimum Gasteiger partial charge on any atom is -0.436 e. The Kier molecular flexibility index (Phi) is 7.10. The molecule has 1 saturated heterocycles. The van der Waals surface area contributed by atoms with E-state index < -0.39 is 12.6 Å². The first-order valence-corrected chi connectivity index (χ1v) is 14.0. The SMILES string of the molecule is Cn1nccc1-c1ccc2oc(-c3ccnc(C(=O)N4CCN(C(c5ccccc5)c5nnn(C(F)F)n5)CC4)c3)nc2c1. The van der Waals surface area contributed by atoms with Crippen molar-refractivity contribution in [1.82, 2.24) is 49.8 Å². The van der Waals surface area contributed by atoms with Crippen LogP contribution in [0.25, 0.3) is 33.8 Å². The molecule has 1 fully saturated rings. The fourth-order valence-corrected chi connectivity index (χ4v) is 5.48. The summed E-state index contributed by atoms with van der Waals surface area (Å²) in [5.41, 5.74) is 5.00. The Morgan fingerprint density at radius 2 is 1.75 bits per heavy atom. The van der Waals surface area contributed by atoms with Crippen LogP contribution in [0.4, 0.5) is 8.78 Å².